The molecule has 0 saturated heterocycles. The van der Waals surface area contributed by atoms with E-state index in [0.717, 1.165) is 0 Å². The fourth-order valence-electron chi connectivity index (χ4n) is 1.76. The highest BCUT2D eigenvalue weighted by atomic mass is 35.5. The van der Waals surface area contributed by atoms with Crippen molar-refractivity contribution in [1.29, 1.82) is 0 Å². The van der Waals surface area contributed by atoms with Gasteiger partial charge in [0.25, 0.3) is 15.9 Å². The van der Waals surface area contributed by atoms with Gasteiger partial charge in [-0.1, -0.05) is 12.1 Å². The molecule has 0 bridgehead atoms. The quantitative estimate of drug-likeness (QED) is 0.671. The minimum absolute atomic E-state index is 0. The smallest absolute Gasteiger partial charge is 0.277 e. The molecular weight excluding hydrogens is 354 g/mol. The number of nitrogens with zero attached hydrogens (tertiary/aromatic N) is 1. The molecule has 0 spiro atoms. The molecule has 0 unspecified atom stereocenters. The van der Waals surface area contributed by atoms with Crippen LogP contribution in [0.25, 0.3) is 0 Å². The SMILES string of the molecule is Cl.NCC(F)(F)CNC(=O)CN=C1NS(=O)(=O)c2ccccc21. The van der Waals surface area contributed by atoms with Gasteiger partial charge in [0.05, 0.1) is 18.0 Å². The van der Waals surface area contributed by atoms with Crippen molar-refractivity contribution in [2.75, 3.05) is 19.6 Å². The number of rotatable bonds is 5. The van der Waals surface area contributed by atoms with E-state index < -0.39 is 41.5 Å². The summed E-state index contributed by atoms with van der Waals surface area (Å²) in [5.74, 6) is -3.94. The molecule has 7 nitrogen and oxygen atoms in total. The Balaban J connectivity index is 0.00000264. The van der Waals surface area contributed by atoms with Crippen LogP contribution in [-0.4, -0.2) is 45.7 Å². The van der Waals surface area contributed by atoms with Gasteiger partial charge in [0, 0.05) is 5.56 Å². The predicted molar refractivity (Wildman–Crippen MR) is 82.4 cm³/mol. The van der Waals surface area contributed by atoms with Crippen LogP contribution in [0.2, 0.25) is 0 Å². The first kappa shape index (κ1) is 19.3. The fourth-order valence-corrected chi connectivity index (χ4v) is 3.01. The third-order valence-electron chi connectivity index (χ3n) is 2.89. The van der Waals surface area contributed by atoms with Crippen LogP contribution in [-0.2, 0) is 14.8 Å². The summed E-state index contributed by atoms with van der Waals surface area (Å²) < 4.78 is 51.6. The van der Waals surface area contributed by atoms with Crippen LogP contribution in [0, 0.1) is 0 Å². The van der Waals surface area contributed by atoms with Crippen molar-refractivity contribution in [2.45, 2.75) is 10.8 Å². The molecule has 0 radical (unpaired) electrons. The minimum Gasteiger partial charge on any atom is -0.348 e. The highest BCUT2D eigenvalue weighted by molar-refractivity contribution is 7.90. The second-order valence-electron chi connectivity index (χ2n) is 4.60. The minimum atomic E-state index is -3.69. The summed E-state index contributed by atoms with van der Waals surface area (Å²) in [5.41, 5.74) is 5.18. The normalized spacial score (nSPS) is 17.1. The van der Waals surface area contributed by atoms with Gasteiger partial charge >= 0.3 is 0 Å². The van der Waals surface area contributed by atoms with Crippen molar-refractivity contribution in [1.82, 2.24) is 10.0 Å². The second kappa shape index (κ2) is 7.20. The second-order valence-corrected chi connectivity index (χ2v) is 6.25. The molecule has 0 aromatic heterocycles. The highest BCUT2D eigenvalue weighted by Crippen LogP contribution is 2.21. The van der Waals surface area contributed by atoms with Gasteiger partial charge in [0.15, 0.2) is 0 Å². The molecule has 1 aliphatic heterocycles. The van der Waals surface area contributed by atoms with Crippen molar-refractivity contribution < 1.29 is 22.0 Å². The van der Waals surface area contributed by atoms with Gasteiger partial charge in [-0.05, 0) is 12.1 Å². The Morgan fingerprint density at radius 1 is 1.35 bits per heavy atom. The molecule has 1 heterocycles. The average Bonchev–Trinajstić information content (AvgIpc) is 2.75. The van der Waals surface area contributed by atoms with E-state index in [4.69, 9.17) is 5.73 Å². The molecule has 0 aliphatic carbocycles. The maximum Gasteiger partial charge on any atom is 0.277 e. The Morgan fingerprint density at radius 3 is 2.65 bits per heavy atom. The van der Waals surface area contributed by atoms with Gasteiger partial charge in [0.2, 0.25) is 5.91 Å². The lowest BCUT2D eigenvalue weighted by molar-refractivity contribution is -0.121. The topological polar surface area (TPSA) is 114 Å². The largest absolute Gasteiger partial charge is 0.348 e. The summed E-state index contributed by atoms with van der Waals surface area (Å²) in [5, 5.41) is 1.99. The van der Waals surface area contributed by atoms with Crippen LogP contribution in [0.3, 0.4) is 0 Å². The molecule has 128 valence electrons. The molecule has 1 aromatic rings. The number of halogens is 3. The first-order valence-corrected chi connectivity index (χ1v) is 7.75. The number of nitrogens with one attached hydrogen (secondary N) is 2. The Morgan fingerprint density at radius 2 is 2.00 bits per heavy atom. The molecule has 11 heteroatoms. The Bertz CT molecular complexity index is 725. The maximum absolute atomic E-state index is 12.9. The number of amidine groups is 1. The number of alkyl halides is 2. The molecule has 23 heavy (non-hydrogen) atoms. The van der Waals surface area contributed by atoms with Gasteiger partial charge in [0.1, 0.15) is 12.4 Å². The van der Waals surface area contributed by atoms with E-state index in [2.05, 4.69) is 9.71 Å². The lowest BCUT2D eigenvalue weighted by atomic mass is 10.2. The van der Waals surface area contributed by atoms with Gasteiger partial charge in [-0.25, -0.2) is 17.2 Å². The number of hydrogen-bond acceptors (Lipinski definition) is 5. The van der Waals surface area contributed by atoms with Gasteiger partial charge in [-0.3, -0.25) is 14.5 Å². The lowest BCUT2D eigenvalue weighted by Crippen LogP contribution is -2.42. The number of fused-ring (bicyclic) bond motifs is 1. The Kier molecular flexibility index (Phi) is 6.03. The van der Waals surface area contributed by atoms with E-state index in [1.807, 2.05) is 5.32 Å². The van der Waals surface area contributed by atoms with Crippen LogP contribution in [0.1, 0.15) is 5.56 Å². The van der Waals surface area contributed by atoms with E-state index >= 15 is 0 Å². The summed E-state index contributed by atoms with van der Waals surface area (Å²) in [4.78, 5) is 15.4. The number of hydrogen-bond donors (Lipinski definition) is 3. The standard InChI is InChI=1S/C12H14F2N4O3S.ClH/c13-12(14,6-15)7-17-10(19)5-16-11-8-3-1-2-4-9(8)22(20,21)18-11;/h1-4H,5-7,15H2,(H,16,18)(H,17,19);1H. The van der Waals surface area contributed by atoms with Crippen LogP contribution < -0.4 is 15.8 Å². The fraction of sp³-hybridized carbons (Fsp3) is 0.333. The Hall–Kier alpha value is -1.78. The van der Waals surface area contributed by atoms with Gasteiger partial charge < -0.3 is 11.1 Å². The summed E-state index contributed by atoms with van der Waals surface area (Å²) in [6, 6.07) is 6.12. The molecule has 1 aromatic carbocycles. The van der Waals surface area contributed by atoms with Crippen molar-refractivity contribution in [2.24, 2.45) is 10.7 Å². The van der Waals surface area contributed by atoms with E-state index in [9.17, 15) is 22.0 Å². The summed E-state index contributed by atoms with van der Waals surface area (Å²) in [6.07, 6.45) is 0. The molecule has 1 amide bonds. The van der Waals surface area contributed by atoms with Crippen LogP contribution in [0.4, 0.5) is 8.78 Å². The zero-order chi connectivity index (χ0) is 16.4. The molecule has 4 N–H and O–H groups in total. The molecular formula is C12H15ClF2N4O3S. The molecule has 0 saturated carbocycles. The number of carbonyl (C=O) groups excluding carboxylic acids is 1. The highest BCUT2D eigenvalue weighted by Gasteiger charge is 2.30. The third-order valence-corrected chi connectivity index (χ3v) is 4.28. The predicted octanol–water partition coefficient (Wildman–Crippen LogP) is -0.143. The van der Waals surface area contributed by atoms with Gasteiger partial charge in [-0.15, -0.1) is 12.4 Å². The monoisotopic (exact) mass is 368 g/mol. The number of benzene rings is 1. The van der Waals surface area contributed by atoms with Crippen LogP contribution in [0.5, 0.6) is 0 Å². The molecule has 0 atom stereocenters. The third kappa shape index (κ3) is 4.60. The number of aliphatic imine (C=N–C) groups is 1. The molecule has 1 aliphatic rings. The van der Waals surface area contributed by atoms with Crippen molar-refractivity contribution >= 4 is 34.2 Å². The number of carbonyl (C=O) groups is 1. The van der Waals surface area contributed by atoms with E-state index in [-0.39, 0.29) is 23.1 Å². The van der Waals surface area contributed by atoms with Crippen LogP contribution in [0.15, 0.2) is 34.2 Å². The summed E-state index contributed by atoms with van der Waals surface area (Å²) in [7, 11) is -3.69. The van der Waals surface area contributed by atoms with Gasteiger partial charge in [-0.2, -0.15) is 0 Å². The van der Waals surface area contributed by atoms with E-state index in [1.54, 1.807) is 12.1 Å². The van der Waals surface area contributed by atoms with E-state index in [1.165, 1.54) is 12.1 Å². The molecule has 2 rings (SSSR count). The van der Waals surface area contributed by atoms with E-state index in [0.29, 0.717) is 5.56 Å². The number of nitrogens with two attached hydrogens (primary N) is 1. The molecule has 0 fully saturated rings. The number of sulfonamides is 1. The summed E-state index contributed by atoms with van der Waals surface area (Å²) >= 11 is 0. The van der Waals surface area contributed by atoms with Crippen molar-refractivity contribution in [3.05, 3.63) is 29.8 Å². The zero-order valence-corrected chi connectivity index (χ0v) is 13.4. The Labute approximate surface area is 137 Å². The zero-order valence-electron chi connectivity index (χ0n) is 11.8. The van der Waals surface area contributed by atoms with Crippen molar-refractivity contribution in [3.8, 4) is 0 Å². The van der Waals surface area contributed by atoms with Crippen LogP contribution >= 0.6 is 12.4 Å². The lowest BCUT2D eigenvalue weighted by Gasteiger charge is -2.13. The maximum atomic E-state index is 12.9. The first-order chi connectivity index (χ1) is 10.2. The average molecular weight is 369 g/mol. The summed E-state index contributed by atoms with van der Waals surface area (Å²) in [6.45, 7) is -2.25. The number of amides is 1. The first-order valence-electron chi connectivity index (χ1n) is 6.26. The van der Waals surface area contributed by atoms with Crippen molar-refractivity contribution in [3.63, 3.8) is 0 Å².